The summed E-state index contributed by atoms with van der Waals surface area (Å²) in [5.74, 6) is 0.536. The number of ether oxygens (including phenoxy) is 1. The van der Waals surface area contributed by atoms with Gasteiger partial charge in [-0.05, 0) is 28.1 Å². The summed E-state index contributed by atoms with van der Waals surface area (Å²) in [5, 5.41) is 3.89. The average Bonchev–Trinajstić information content (AvgIpc) is 2.77. The molecule has 108 valence electrons. The fourth-order valence-electron chi connectivity index (χ4n) is 1.59. The standard InChI is InChI=1S/C11H13BrN4O3S/c1-16-11(3-4-14-16)15-20(17,18)10-6-8(13)7(12)5-9(10)19-2/h3-6,15H,13H2,1-2H3. The molecule has 0 spiro atoms. The van der Waals surface area contributed by atoms with Gasteiger partial charge in [0, 0.05) is 23.3 Å². The van der Waals surface area contributed by atoms with E-state index in [2.05, 4.69) is 25.8 Å². The molecule has 0 amide bonds. The number of benzene rings is 1. The van der Waals surface area contributed by atoms with Crippen LogP contribution in [0.3, 0.4) is 0 Å². The van der Waals surface area contributed by atoms with Crippen LogP contribution in [0.5, 0.6) is 5.75 Å². The zero-order chi connectivity index (χ0) is 14.9. The molecule has 7 nitrogen and oxygen atoms in total. The molecule has 1 aromatic carbocycles. The number of aromatic nitrogens is 2. The Morgan fingerprint density at radius 1 is 1.45 bits per heavy atom. The highest BCUT2D eigenvalue weighted by atomic mass is 79.9. The zero-order valence-corrected chi connectivity index (χ0v) is 13.2. The fourth-order valence-corrected chi connectivity index (χ4v) is 3.18. The first-order chi connectivity index (χ1) is 9.35. The van der Waals surface area contributed by atoms with Crippen molar-refractivity contribution in [3.8, 4) is 5.75 Å². The predicted molar refractivity (Wildman–Crippen MR) is 79.1 cm³/mol. The van der Waals surface area contributed by atoms with Crippen molar-refractivity contribution in [3.63, 3.8) is 0 Å². The lowest BCUT2D eigenvalue weighted by Gasteiger charge is -2.13. The van der Waals surface area contributed by atoms with Gasteiger partial charge in [-0.3, -0.25) is 9.40 Å². The van der Waals surface area contributed by atoms with Gasteiger partial charge in [-0.1, -0.05) is 0 Å². The second-order valence-electron chi connectivity index (χ2n) is 3.97. The molecule has 0 atom stereocenters. The van der Waals surface area contributed by atoms with Gasteiger partial charge in [0.05, 0.1) is 13.3 Å². The van der Waals surface area contributed by atoms with Crippen LogP contribution in [0.25, 0.3) is 0 Å². The van der Waals surface area contributed by atoms with E-state index in [9.17, 15) is 8.42 Å². The van der Waals surface area contributed by atoms with Crippen LogP contribution in [0, 0.1) is 0 Å². The second kappa shape index (κ2) is 5.33. The predicted octanol–water partition coefficient (Wildman–Crippen LogP) is 1.57. The van der Waals surface area contributed by atoms with Crippen molar-refractivity contribution in [1.82, 2.24) is 9.78 Å². The molecular formula is C11H13BrN4O3S. The second-order valence-corrected chi connectivity index (χ2v) is 6.48. The Hall–Kier alpha value is -1.74. The Bertz CT molecular complexity index is 742. The molecule has 9 heteroatoms. The molecule has 1 aromatic heterocycles. The quantitative estimate of drug-likeness (QED) is 0.806. The molecule has 0 radical (unpaired) electrons. The minimum absolute atomic E-state index is 0.0399. The van der Waals surface area contributed by atoms with E-state index in [-0.39, 0.29) is 10.6 Å². The van der Waals surface area contributed by atoms with Crippen LogP contribution in [0.15, 0.2) is 33.8 Å². The van der Waals surface area contributed by atoms with Gasteiger partial charge >= 0.3 is 0 Å². The lowest BCUT2D eigenvalue weighted by atomic mass is 10.3. The number of hydrogen-bond donors (Lipinski definition) is 2. The molecule has 0 fully saturated rings. The summed E-state index contributed by atoms with van der Waals surface area (Å²) >= 11 is 3.23. The molecule has 0 saturated heterocycles. The maximum atomic E-state index is 12.4. The Kier molecular flexibility index (Phi) is 3.91. The molecule has 1 heterocycles. The third kappa shape index (κ3) is 2.73. The lowest BCUT2D eigenvalue weighted by molar-refractivity contribution is 0.402. The van der Waals surface area contributed by atoms with Crippen LogP contribution in [-0.2, 0) is 17.1 Å². The number of rotatable bonds is 4. The van der Waals surface area contributed by atoms with Crippen LogP contribution in [0.2, 0.25) is 0 Å². The lowest BCUT2D eigenvalue weighted by Crippen LogP contribution is -2.16. The van der Waals surface area contributed by atoms with E-state index in [1.54, 1.807) is 13.1 Å². The smallest absolute Gasteiger partial charge is 0.266 e. The topological polar surface area (TPSA) is 99.2 Å². The monoisotopic (exact) mass is 360 g/mol. The van der Waals surface area contributed by atoms with E-state index in [1.807, 2.05) is 0 Å². The average molecular weight is 361 g/mol. The first kappa shape index (κ1) is 14.7. The Morgan fingerprint density at radius 2 is 2.15 bits per heavy atom. The van der Waals surface area contributed by atoms with Crippen molar-refractivity contribution >= 4 is 37.5 Å². The third-order valence-corrected chi connectivity index (χ3v) is 4.70. The van der Waals surface area contributed by atoms with Gasteiger partial charge in [0.25, 0.3) is 10.0 Å². The van der Waals surface area contributed by atoms with Crippen molar-refractivity contribution in [2.45, 2.75) is 4.90 Å². The minimum Gasteiger partial charge on any atom is -0.495 e. The summed E-state index contributed by atoms with van der Waals surface area (Å²) in [7, 11) is -0.804. The molecule has 20 heavy (non-hydrogen) atoms. The van der Waals surface area contributed by atoms with Gasteiger partial charge in [-0.15, -0.1) is 0 Å². The van der Waals surface area contributed by atoms with E-state index >= 15 is 0 Å². The minimum atomic E-state index is -3.82. The van der Waals surface area contributed by atoms with Gasteiger partial charge in [0.1, 0.15) is 16.5 Å². The number of nitrogens with zero attached hydrogens (tertiary/aromatic N) is 2. The zero-order valence-electron chi connectivity index (χ0n) is 10.8. The number of sulfonamides is 1. The number of hydrogen-bond acceptors (Lipinski definition) is 5. The highest BCUT2D eigenvalue weighted by Gasteiger charge is 2.22. The summed E-state index contributed by atoms with van der Waals surface area (Å²) in [6.45, 7) is 0. The first-order valence-electron chi connectivity index (χ1n) is 5.49. The molecule has 0 saturated carbocycles. The molecule has 0 bridgehead atoms. The van der Waals surface area contributed by atoms with E-state index < -0.39 is 10.0 Å². The normalized spacial score (nSPS) is 11.3. The van der Waals surface area contributed by atoms with Crippen molar-refractivity contribution in [2.24, 2.45) is 7.05 Å². The largest absolute Gasteiger partial charge is 0.495 e. The summed E-state index contributed by atoms with van der Waals surface area (Å²) in [4.78, 5) is -0.0399. The number of aryl methyl sites for hydroxylation is 1. The molecule has 2 aromatic rings. The van der Waals surface area contributed by atoms with Crippen LogP contribution in [0.4, 0.5) is 11.5 Å². The number of methoxy groups -OCH3 is 1. The highest BCUT2D eigenvalue weighted by molar-refractivity contribution is 9.10. The van der Waals surface area contributed by atoms with Crippen molar-refractivity contribution in [1.29, 1.82) is 0 Å². The van der Waals surface area contributed by atoms with Crippen LogP contribution >= 0.6 is 15.9 Å². The van der Waals surface area contributed by atoms with Crippen LogP contribution < -0.4 is 15.2 Å². The van der Waals surface area contributed by atoms with E-state index in [1.165, 1.54) is 30.1 Å². The van der Waals surface area contributed by atoms with Crippen LogP contribution in [-0.4, -0.2) is 25.3 Å². The molecule has 0 aliphatic carbocycles. The van der Waals surface area contributed by atoms with Crippen molar-refractivity contribution in [2.75, 3.05) is 17.6 Å². The fraction of sp³-hybridized carbons (Fsp3) is 0.182. The molecule has 3 N–H and O–H groups in total. The molecule has 0 aliphatic rings. The number of nitrogens with two attached hydrogens (primary N) is 1. The maximum absolute atomic E-state index is 12.4. The third-order valence-electron chi connectivity index (χ3n) is 2.63. The number of nitrogen functional groups attached to an aromatic ring is 1. The molecule has 2 rings (SSSR count). The SMILES string of the molecule is COc1cc(Br)c(N)cc1S(=O)(=O)Nc1ccnn1C. The van der Waals surface area contributed by atoms with Gasteiger partial charge in [0.2, 0.25) is 0 Å². The highest BCUT2D eigenvalue weighted by Crippen LogP contribution is 2.33. The summed E-state index contributed by atoms with van der Waals surface area (Å²) in [5.41, 5.74) is 6.03. The first-order valence-corrected chi connectivity index (χ1v) is 7.76. The van der Waals surface area contributed by atoms with Gasteiger partial charge in [-0.2, -0.15) is 5.10 Å². The summed E-state index contributed by atoms with van der Waals surface area (Å²) < 4.78 is 34.3. The number of nitrogens with one attached hydrogen (secondary N) is 1. The van der Waals surface area contributed by atoms with E-state index in [4.69, 9.17) is 10.5 Å². The van der Waals surface area contributed by atoms with Gasteiger partial charge < -0.3 is 10.5 Å². The van der Waals surface area contributed by atoms with E-state index in [0.29, 0.717) is 16.0 Å². The maximum Gasteiger partial charge on any atom is 0.266 e. The van der Waals surface area contributed by atoms with Crippen LogP contribution in [0.1, 0.15) is 0 Å². The number of anilines is 2. The number of halogens is 1. The summed E-state index contributed by atoms with van der Waals surface area (Å²) in [6, 6.07) is 4.39. The van der Waals surface area contributed by atoms with Crippen molar-refractivity contribution < 1.29 is 13.2 Å². The molecular weight excluding hydrogens is 348 g/mol. The van der Waals surface area contributed by atoms with E-state index in [0.717, 1.165) is 0 Å². The summed E-state index contributed by atoms with van der Waals surface area (Å²) in [6.07, 6.45) is 1.49. The Balaban J connectivity index is 2.49. The van der Waals surface area contributed by atoms with Gasteiger partial charge in [-0.25, -0.2) is 8.42 Å². The molecule has 0 unspecified atom stereocenters. The van der Waals surface area contributed by atoms with Crippen molar-refractivity contribution in [3.05, 3.63) is 28.9 Å². The Labute approximate surface area is 124 Å². The van der Waals surface area contributed by atoms with Gasteiger partial charge in [0.15, 0.2) is 0 Å². The Morgan fingerprint density at radius 3 is 2.70 bits per heavy atom. The molecule has 0 aliphatic heterocycles.